The summed E-state index contributed by atoms with van der Waals surface area (Å²) in [5.74, 6) is 1.83. The number of nitrogens with one attached hydrogen (secondary N) is 2. The molecule has 0 radical (unpaired) electrons. The van der Waals surface area contributed by atoms with Crippen LogP contribution in [0.4, 0.5) is 0 Å². The Morgan fingerprint density at radius 1 is 1.55 bits per heavy atom. The second-order valence-electron chi connectivity index (χ2n) is 4.61. The molecule has 2 heterocycles. The lowest BCUT2D eigenvalue weighted by Crippen LogP contribution is -2.26. The molecule has 2 aromatic heterocycles. The van der Waals surface area contributed by atoms with Crippen LogP contribution in [0.1, 0.15) is 31.5 Å². The molecule has 2 aromatic rings. The summed E-state index contributed by atoms with van der Waals surface area (Å²) in [5.41, 5.74) is 0. The van der Waals surface area contributed by atoms with Crippen LogP contribution in [0.15, 0.2) is 17.6 Å². The number of aryl methyl sites for hydroxylation is 1. The number of carbonyl (C=O) groups is 1. The van der Waals surface area contributed by atoms with Gasteiger partial charge in [-0.05, 0) is 20.8 Å². The Morgan fingerprint density at radius 2 is 2.35 bits per heavy atom. The van der Waals surface area contributed by atoms with Gasteiger partial charge in [0, 0.05) is 18.4 Å². The van der Waals surface area contributed by atoms with Crippen molar-refractivity contribution >= 4 is 17.7 Å². The quantitative estimate of drug-likeness (QED) is 0.784. The van der Waals surface area contributed by atoms with Crippen molar-refractivity contribution in [2.45, 2.75) is 38.5 Å². The SMILES string of the molecule is Cc1nc(SCC(=O)NCc2nccn2C(C)C)n[nH]1. The van der Waals surface area contributed by atoms with Gasteiger partial charge in [0.15, 0.2) is 0 Å². The van der Waals surface area contributed by atoms with Crippen LogP contribution in [-0.2, 0) is 11.3 Å². The van der Waals surface area contributed by atoms with Crippen molar-refractivity contribution in [3.05, 3.63) is 24.0 Å². The lowest BCUT2D eigenvalue weighted by atomic mass is 10.4. The summed E-state index contributed by atoms with van der Waals surface area (Å²) in [5, 5.41) is 10.1. The van der Waals surface area contributed by atoms with Gasteiger partial charge >= 0.3 is 0 Å². The molecule has 20 heavy (non-hydrogen) atoms. The normalized spacial score (nSPS) is 11.0. The molecule has 0 aliphatic carbocycles. The van der Waals surface area contributed by atoms with Gasteiger partial charge in [0.2, 0.25) is 11.1 Å². The first-order valence-corrected chi connectivity index (χ1v) is 7.35. The van der Waals surface area contributed by atoms with Crippen molar-refractivity contribution in [1.29, 1.82) is 0 Å². The Bertz CT molecular complexity index is 576. The van der Waals surface area contributed by atoms with Gasteiger partial charge in [-0.25, -0.2) is 9.97 Å². The molecule has 0 unspecified atom stereocenters. The number of nitrogens with zero attached hydrogens (tertiary/aromatic N) is 4. The zero-order chi connectivity index (χ0) is 14.5. The van der Waals surface area contributed by atoms with E-state index in [0.29, 0.717) is 23.5 Å². The number of rotatable bonds is 6. The maximum Gasteiger partial charge on any atom is 0.230 e. The zero-order valence-electron chi connectivity index (χ0n) is 11.8. The standard InChI is InChI=1S/C12H18N6OS/c1-8(2)18-5-4-13-10(18)6-14-11(19)7-20-12-15-9(3)16-17-12/h4-5,8H,6-7H2,1-3H3,(H,14,19)(H,15,16,17). The molecule has 0 saturated heterocycles. The van der Waals surface area contributed by atoms with Gasteiger partial charge in [-0.3, -0.25) is 9.89 Å². The number of H-pyrrole nitrogens is 1. The van der Waals surface area contributed by atoms with E-state index in [1.165, 1.54) is 11.8 Å². The molecule has 0 aromatic carbocycles. The van der Waals surface area contributed by atoms with Crippen LogP contribution in [0.25, 0.3) is 0 Å². The maximum absolute atomic E-state index is 11.8. The summed E-state index contributed by atoms with van der Waals surface area (Å²) in [6.45, 7) is 6.41. The lowest BCUT2D eigenvalue weighted by molar-refractivity contribution is -0.118. The van der Waals surface area contributed by atoms with Crippen molar-refractivity contribution in [1.82, 2.24) is 30.0 Å². The van der Waals surface area contributed by atoms with Crippen molar-refractivity contribution in [3.8, 4) is 0 Å². The fraction of sp³-hybridized carbons (Fsp3) is 0.500. The highest BCUT2D eigenvalue weighted by molar-refractivity contribution is 7.99. The highest BCUT2D eigenvalue weighted by atomic mass is 32.2. The van der Waals surface area contributed by atoms with Crippen LogP contribution in [-0.4, -0.2) is 36.4 Å². The lowest BCUT2D eigenvalue weighted by Gasteiger charge is -2.11. The number of aromatic amines is 1. The van der Waals surface area contributed by atoms with Crippen LogP contribution in [0.3, 0.4) is 0 Å². The van der Waals surface area contributed by atoms with E-state index in [2.05, 4.69) is 39.3 Å². The molecule has 0 aliphatic heterocycles. The minimum atomic E-state index is -0.0595. The summed E-state index contributed by atoms with van der Waals surface area (Å²) >= 11 is 1.30. The second-order valence-corrected chi connectivity index (χ2v) is 5.56. The molecular formula is C12H18N6OS. The molecule has 2 rings (SSSR count). The third-order valence-electron chi connectivity index (χ3n) is 2.66. The van der Waals surface area contributed by atoms with Crippen molar-refractivity contribution in [2.75, 3.05) is 5.75 Å². The molecule has 0 fully saturated rings. The first kappa shape index (κ1) is 14.6. The minimum Gasteiger partial charge on any atom is -0.348 e. The number of imidazole rings is 1. The summed E-state index contributed by atoms with van der Waals surface area (Å²) < 4.78 is 2.03. The molecule has 0 aliphatic rings. The van der Waals surface area contributed by atoms with Gasteiger partial charge in [-0.1, -0.05) is 11.8 Å². The van der Waals surface area contributed by atoms with Crippen LogP contribution < -0.4 is 5.32 Å². The van der Waals surface area contributed by atoms with E-state index in [-0.39, 0.29) is 5.91 Å². The highest BCUT2D eigenvalue weighted by Gasteiger charge is 2.09. The number of hydrogen-bond acceptors (Lipinski definition) is 5. The van der Waals surface area contributed by atoms with Crippen LogP contribution in [0.2, 0.25) is 0 Å². The highest BCUT2D eigenvalue weighted by Crippen LogP contribution is 2.11. The first-order valence-electron chi connectivity index (χ1n) is 6.36. The summed E-state index contributed by atoms with van der Waals surface area (Å²) in [6, 6.07) is 0.329. The van der Waals surface area contributed by atoms with Crippen molar-refractivity contribution in [3.63, 3.8) is 0 Å². The van der Waals surface area contributed by atoms with E-state index in [1.54, 1.807) is 6.20 Å². The topological polar surface area (TPSA) is 88.5 Å². The van der Waals surface area contributed by atoms with Gasteiger partial charge in [-0.2, -0.15) is 0 Å². The van der Waals surface area contributed by atoms with E-state index in [0.717, 1.165) is 11.6 Å². The van der Waals surface area contributed by atoms with Crippen molar-refractivity contribution < 1.29 is 4.79 Å². The third-order valence-corrected chi connectivity index (χ3v) is 3.51. The Labute approximate surface area is 121 Å². The fourth-order valence-electron chi connectivity index (χ4n) is 1.70. The first-order chi connectivity index (χ1) is 9.56. The fourth-order valence-corrected chi connectivity index (χ4v) is 2.37. The molecule has 7 nitrogen and oxygen atoms in total. The number of amides is 1. The number of thioether (sulfide) groups is 1. The predicted molar refractivity (Wildman–Crippen MR) is 76.3 cm³/mol. The molecular weight excluding hydrogens is 276 g/mol. The molecule has 8 heteroatoms. The third kappa shape index (κ3) is 3.83. The Kier molecular flexibility index (Phi) is 4.78. The number of carbonyl (C=O) groups excluding carboxylic acids is 1. The maximum atomic E-state index is 11.8. The Balaban J connectivity index is 1.79. The van der Waals surface area contributed by atoms with Gasteiger partial charge in [0.25, 0.3) is 0 Å². The smallest absolute Gasteiger partial charge is 0.230 e. The van der Waals surface area contributed by atoms with Crippen LogP contribution in [0.5, 0.6) is 0 Å². The van der Waals surface area contributed by atoms with Gasteiger partial charge in [-0.15, -0.1) is 5.10 Å². The molecule has 0 saturated carbocycles. The molecule has 1 amide bonds. The van der Waals surface area contributed by atoms with E-state index in [4.69, 9.17) is 0 Å². The summed E-state index contributed by atoms with van der Waals surface area (Å²) in [4.78, 5) is 20.1. The van der Waals surface area contributed by atoms with Gasteiger partial charge < -0.3 is 9.88 Å². The predicted octanol–water partition coefficient (Wildman–Crippen LogP) is 1.30. The van der Waals surface area contributed by atoms with Gasteiger partial charge in [0.1, 0.15) is 11.6 Å². The van der Waals surface area contributed by atoms with E-state index in [9.17, 15) is 4.79 Å². The average Bonchev–Trinajstić information content (AvgIpc) is 3.02. The van der Waals surface area contributed by atoms with Crippen LogP contribution in [0, 0.1) is 6.92 Å². The minimum absolute atomic E-state index is 0.0595. The second kappa shape index (κ2) is 6.56. The van der Waals surface area contributed by atoms with E-state index >= 15 is 0 Å². The molecule has 0 spiro atoms. The van der Waals surface area contributed by atoms with E-state index < -0.39 is 0 Å². The average molecular weight is 294 g/mol. The molecule has 108 valence electrons. The summed E-state index contributed by atoms with van der Waals surface area (Å²) in [6.07, 6.45) is 3.66. The largest absolute Gasteiger partial charge is 0.348 e. The monoisotopic (exact) mass is 294 g/mol. The zero-order valence-corrected chi connectivity index (χ0v) is 12.6. The summed E-state index contributed by atoms with van der Waals surface area (Å²) in [7, 11) is 0. The number of aromatic nitrogens is 5. The molecule has 2 N–H and O–H groups in total. The molecule has 0 atom stereocenters. The van der Waals surface area contributed by atoms with E-state index in [1.807, 2.05) is 17.7 Å². The van der Waals surface area contributed by atoms with Gasteiger partial charge in [0.05, 0.1) is 12.3 Å². The number of hydrogen-bond donors (Lipinski definition) is 2. The molecule has 0 bridgehead atoms. The van der Waals surface area contributed by atoms with Crippen LogP contribution >= 0.6 is 11.8 Å². The van der Waals surface area contributed by atoms with Crippen molar-refractivity contribution in [2.24, 2.45) is 0 Å². The Hall–Kier alpha value is -1.83. The Morgan fingerprint density at radius 3 is 3.00 bits per heavy atom.